The Morgan fingerprint density at radius 3 is 2.87 bits per heavy atom. The fraction of sp³-hybridized carbons (Fsp3) is 0.500. The van der Waals surface area contributed by atoms with Gasteiger partial charge in [0.25, 0.3) is 0 Å². The van der Waals surface area contributed by atoms with Crippen LogP contribution in [-0.4, -0.2) is 69.3 Å². The number of carboxylic acid groups (broad SMARTS) is 1. The number of nitrogens with one attached hydrogen (secondary N) is 2. The van der Waals surface area contributed by atoms with E-state index < -0.39 is 6.09 Å². The van der Waals surface area contributed by atoms with Crippen LogP contribution in [0.3, 0.4) is 0 Å². The molecule has 2 aliphatic rings. The van der Waals surface area contributed by atoms with Gasteiger partial charge in [-0.1, -0.05) is 16.7 Å². The number of piperazine rings is 1. The molecular formula is C20H25ClN6O4. The molecule has 31 heavy (non-hydrogen) atoms. The van der Waals surface area contributed by atoms with Gasteiger partial charge in [0.05, 0.1) is 5.92 Å². The summed E-state index contributed by atoms with van der Waals surface area (Å²) in [6, 6.07) is 3.90. The lowest BCUT2D eigenvalue weighted by Gasteiger charge is -2.38. The third kappa shape index (κ3) is 4.75. The molecule has 0 radical (unpaired) electrons. The van der Waals surface area contributed by atoms with E-state index in [0.717, 1.165) is 16.8 Å². The monoisotopic (exact) mass is 448 g/mol. The van der Waals surface area contributed by atoms with Crippen LogP contribution in [0.15, 0.2) is 16.5 Å². The van der Waals surface area contributed by atoms with Crippen molar-refractivity contribution in [3.05, 3.63) is 34.2 Å². The van der Waals surface area contributed by atoms with Gasteiger partial charge in [0, 0.05) is 55.9 Å². The first kappa shape index (κ1) is 21.4. The molecule has 10 nitrogen and oxygen atoms in total. The van der Waals surface area contributed by atoms with Crippen molar-refractivity contribution >= 4 is 35.3 Å². The number of hydrogen-bond acceptors (Lipinski definition) is 7. The Balaban J connectivity index is 1.46. The first-order valence-electron chi connectivity index (χ1n) is 10.2. The van der Waals surface area contributed by atoms with Crippen LogP contribution in [-0.2, 0) is 11.3 Å². The molecule has 0 bridgehead atoms. The summed E-state index contributed by atoms with van der Waals surface area (Å²) in [6.45, 7) is 6.85. The highest BCUT2D eigenvalue weighted by Crippen LogP contribution is 2.30. The van der Waals surface area contributed by atoms with Crippen molar-refractivity contribution in [2.45, 2.75) is 38.8 Å². The van der Waals surface area contributed by atoms with Gasteiger partial charge in [-0.25, -0.2) is 4.79 Å². The number of anilines is 2. The van der Waals surface area contributed by atoms with Crippen molar-refractivity contribution in [2.24, 2.45) is 0 Å². The van der Waals surface area contributed by atoms with Crippen LogP contribution in [0.2, 0.25) is 5.02 Å². The van der Waals surface area contributed by atoms with E-state index in [4.69, 9.17) is 16.0 Å². The minimum absolute atomic E-state index is 0.0217. The minimum Gasteiger partial charge on any atom is -0.465 e. The van der Waals surface area contributed by atoms with Gasteiger partial charge < -0.3 is 25.1 Å². The largest absolute Gasteiger partial charge is 0.465 e. The zero-order chi connectivity index (χ0) is 22.1. The lowest BCUT2D eigenvalue weighted by atomic mass is 10.0. The predicted molar refractivity (Wildman–Crippen MR) is 114 cm³/mol. The normalized spacial score (nSPS) is 21.9. The second-order valence-corrected chi connectivity index (χ2v) is 8.51. The Kier molecular flexibility index (Phi) is 6.01. The van der Waals surface area contributed by atoms with E-state index in [1.807, 2.05) is 19.9 Å². The van der Waals surface area contributed by atoms with Crippen LogP contribution in [0.1, 0.15) is 36.3 Å². The van der Waals surface area contributed by atoms with E-state index in [1.165, 1.54) is 4.90 Å². The van der Waals surface area contributed by atoms with E-state index in [0.29, 0.717) is 50.1 Å². The van der Waals surface area contributed by atoms with Gasteiger partial charge in [-0.3, -0.25) is 9.69 Å². The average molecular weight is 449 g/mol. The summed E-state index contributed by atoms with van der Waals surface area (Å²) in [5.74, 6) is 0.288. The molecule has 1 aromatic carbocycles. The smallest absolute Gasteiger partial charge is 0.407 e. The first-order chi connectivity index (χ1) is 14.8. The summed E-state index contributed by atoms with van der Waals surface area (Å²) in [5.41, 5.74) is 2.79. The minimum atomic E-state index is -0.880. The lowest BCUT2D eigenvalue weighted by Crippen LogP contribution is -2.53. The summed E-state index contributed by atoms with van der Waals surface area (Å²) >= 11 is 6.37. The number of halogens is 1. The Morgan fingerprint density at radius 1 is 1.39 bits per heavy atom. The van der Waals surface area contributed by atoms with Gasteiger partial charge in [0.15, 0.2) is 0 Å². The summed E-state index contributed by atoms with van der Waals surface area (Å²) in [7, 11) is 0. The predicted octanol–water partition coefficient (Wildman–Crippen LogP) is 2.56. The second kappa shape index (κ2) is 8.72. The fourth-order valence-electron chi connectivity index (χ4n) is 4.08. The molecule has 4 rings (SSSR count). The third-order valence-corrected chi connectivity index (χ3v) is 6.06. The molecule has 0 saturated carbocycles. The van der Waals surface area contributed by atoms with Crippen LogP contribution >= 0.6 is 11.6 Å². The van der Waals surface area contributed by atoms with Crippen LogP contribution < -0.4 is 10.6 Å². The molecule has 2 saturated heterocycles. The molecule has 0 spiro atoms. The van der Waals surface area contributed by atoms with Crippen LogP contribution in [0.25, 0.3) is 0 Å². The molecule has 2 aliphatic heterocycles. The fourth-order valence-corrected chi connectivity index (χ4v) is 4.32. The topological polar surface area (TPSA) is 124 Å². The zero-order valence-electron chi connectivity index (χ0n) is 17.4. The summed E-state index contributed by atoms with van der Waals surface area (Å²) in [6.07, 6.45) is -0.538. The Bertz CT molecular complexity index is 996. The van der Waals surface area contributed by atoms with Crippen LogP contribution in [0.5, 0.6) is 0 Å². The number of nitrogens with zero attached hydrogens (tertiary/aromatic N) is 4. The molecule has 2 aromatic rings. The first-order valence-corrected chi connectivity index (χ1v) is 10.6. The van der Waals surface area contributed by atoms with Gasteiger partial charge in [-0.05, 0) is 37.1 Å². The number of benzene rings is 1. The SMILES string of the molecule is Cc1c(CN2CCN(C(=O)O)[C@@H](C)C2)cc(Cl)cc1Nc1nnc(C2CNC(=O)C2)o1. The quantitative estimate of drug-likeness (QED) is 0.637. The Labute approximate surface area is 184 Å². The maximum Gasteiger partial charge on any atom is 0.407 e. The van der Waals surface area contributed by atoms with Crippen molar-refractivity contribution in [3.63, 3.8) is 0 Å². The Hall–Kier alpha value is -2.85. The highest BCUT2D eigenvalue weighted by Gasteiger charge is 2.29. The van der Waals surface area contributed by atoms with Gasteiger partial charge in [0.1, 0.15) is 0 Å². The summed E-state index contributed by atoms with van der Waals surface area (Å²) < 4.78 is 5.71. The van der Waals surface area contributed by atoms with E-state index in [-0.39, 0.29) is 23.9 Å². The van der Waals surface area contributed by atoms with Crippen molar-refractivity contribution < 1.29 is 19.1 Å². The van der Waals surface area contributed by atoms with Gasteiger partial charge in [0.2, 0.25) is 11.8 Å². The van der Waals surface area contributed by atoms with Crippen molar-refractivity contribution in [3.8, 4) is 0 Å². The zero-order valence-corrected chi connectivity index (χ0v) is 18.1. The number of carbonyl (C=O) groups is 2. The highest BCUT2D eigenvalue weighted by atomic mass is 35.5. The second-order valence-electron chi connectivity index (χ2n) is 8.07. The van der Waals surface area contributed by atoms with Crippen LogP contribution in [0.4, 0.5) is 16.5 Å². The number of amides is 2. The van der Waals surface area contributed by atoms with Gasteiger partial charge >= 0.3 is 12.1 Å². The van der Waals surface area contributed by atoms with Gasteiger partial charge in [-0.15, -0.1) is 5.10 Å². The molecule has 0 aliphatic carbocycles. The Morgan fingerprint density at radius 2 is 2.19 bits per heavy atom. The molecule has 1 aromatic heterocycles. The van der Waals surface area contributed by atoms with E-state index in [1.54, 1.807) is 6.07 Å². The molecule has 2 fully saturated rings. The molecule has 2 amide bonds. The third-order valence-electron chi connectivity index (χ3n) is 5.84. The van der Waals surface area contributed by atoms with Crippen molar-refractivity contribution in [1.82, 2.24) is 25.3 Å². The van der Waals surface area contributed by atoms with E-state index >= 15 is 0 Å². The number of hydrogen-bond donors (Lipinski definition) is 3. The van der Waals surface area contributed by atoms with Crippen molar-refractivity contribution in [1.29, 1.82) is 0 Å². The summed E-state index contributed by atoms with van der Waals surface area (Å²) in [5, 5.41) is 23.9. The molecule has 3 N–H and O–H groups in total. The average Bonchev–Trinajstić information content (AvgIpc) is 3.34. The molecule has 3 heterocycles. The number of carbonyl (C=O) groups excluding carboxylic acids is 1. The highest BCUT2D eigenvalue weighted by molar-refractivity contribution is 6.31. The van der Waals surface area contributed by atoms with Gasteiger partial charge in [-0.2, -0.15) is 0 Å². The molecule has 11 heteroatoms. The number of rotatable bonds is 5. The number of aromatic nitrogens is 2. The van der Waals surface area contributed by atoms with E-state index in [9.17, 15) is 14.7 Å². The molecule has 1 unspecified atom stereocenters. The molecule has 166 valence electrons. The maximum atomic E-state index is 11.4. The lowest BCUT2D eigenvalue weighted by molar-refractivity contribution is -0.119. The maximum absolute atomic E-state index is 11.4. The molecule has 2 atom stereocenters. The summed E-state index contributed by atoms with van der Waals surface area (Å²) in [4.78, 5) is 26.4. The standard InChI is InChI=1S/C20H25ClN6O4/c1-11-9-26(3-4-27(11)20(29)30)10-14-5-15(21)7-16(12(14)2)23-19-25-24-18(31-19)13-6-17(28)22-8-13/h5,7,11,13H,3-4,6,8-10H2,1-2H3,(H,22,28)(H,23,25)(H,29,30)/t11-,13?/m0/s1. The van der Waals surface area contributed by atoms with Crippen LogP contribution in [0, 0.1) is 6.92 Å². The molecular weight excluding hydrogens is 424 g/mol. The van der Waals surface area contributed by atoms with E-state index in [2.05, 4.69) is 25.7 Å². The van der Waals surface area contributed by atoms with Crippen molar-refractivity contribution in [2.75, 3.05) is 31.5 Å².